The average molecular weight is 876 g/mol. The molecule has 7 rings (SSSR count). The lowest BCUT2D eigenvalue weighted by atomic mass is 10.2. The third-order valence-electron chi connectivity index (χ3n) is 9.70. The van der Waals surface area contributed by atoms with Crippen molar-refractivity contribution in [1.29, 1.82) is 0 Å². The number of aromatic amines is 3. The van der Waals surface area contributed by atoms with Crippen LogP contribution in [0.4, 0.5) is 5.95 Å². The van der Waals surface area contributed by atoms with E-state index in [9.17, 15) is 43.6 Å². The van der Waals surface area contributed by atoms with Crippen molar-refractivity contribution in [2.24, 2.45) is 0 Å². The normalized spacial score (nSPS) is 28.9. The van der Waals surface area contributed by atoms with E-state index in [1.54, 1.807) is 0 Å². The second kappa shape index (κ2) is 16.9. The van der Waals surface area contributed by atoms with Crippen molar-refractivity contribution in [3.05, 3.63) is 81.9 Å². The number of ether oxygens (including phenoxy) is 3. The lowest BCUT2D eigenvalue weighted by Gasteiger charge is -2.23. The first-order valence-corrected chi connectivity index (χ1v) is 21.6. The lowest BCUT2D eigenvalue weighted by Crippen LogP contribution is -2.33. The Kier molecular flexibility index (Phi) is 12.3. The number of phosphoric ester groups is 1. The highest BCUT2D eigenvalue weighted by molar-refractivity contribution is 8.00. The van der Waals surface area contributed by atoms with Crippen LogP contribution < -0.4 is 33.8 Å². The maximum atomic E-state index is 13.3. The molecule has 0 amide bonds. The molecule has 2 unspecified atom stereocenters. The number of phosphoric acid groups is 1. The van der Waals surface area contributed by atoms with E-state index < -0.39 is 112 Å². The summed E-state index contributed by atoms with van der Waals surface area (Å²) < 4.78 is 57.2. The van der Waals surface area contributed by atoms with Gasteiger partial charge in [0.05, 0.1) is 38.4 Å². The van der Waals surface area contributed by atoms with Gasteiger partial charge in [-0.1, -0.05) is 0 Å². The van der Waals surface area contributed by atoms with Gasteiger partial charge in [-0.25, -0.2) is 19.1 Å². The summed E-state index contributed by atoms with van der Waals surface area (Å²) in [7, 11) is -7.59. The first-order valence-electron chi connectivity index (χ1n) is 17.6. The van der Waals surface area contributed by atoms with Crippen LogP contribution in [0.3, 0.4) is 0 Å². The number of rotatable bonds is 14. The van der Waals surface area contributed by atoms with E-state index in [1.807, 2.05) is 0 Å². The number of hydrogen-bond acceptors (Lipinski definition) is 19. The number of H-pyrrole nitrogens is 3. The van der Waals surface area contributed by atoms with E-state index in [-0.39, 0.29) is 54.1 Å². The maximum Gasteiger partial charge on any atom is 0.472 e. The Labute approximate surface area is 329 Å². The van der Waals surface area contributed by atoms with Gasteiger partial charge in [0.1, 0.15) is 43.1 Å². The number of nitrogens with one attached hydrogen (secondary N) is 3. The molecule has 4 aromatic heterocycles. The first kappa shape index (κ1) is 42.1. The van der Waals surface area contributed by atoms with E-state index in [4.69, 9.17) is 49.8 Å². The van der Waals surface area contributed by atoms with Crippen LogP contribution in [0.2, 0.25) is 0 Å². The summed E-state index contributed by atoms with van der Waals surface area (Å²) in [5.41, 5.74) is 2.93. The van der Waals surface area contributed by atoms with Crippen molar-refractivity contribution in [3.8, 4) is 0 Å². The second-order valence-electron chi connectivity index (χ2n) is 13.7. The molecule has 0 saturated carbocycles. The van der Waals surface area contributed by atoms with Gasteiger partial charge >= 0.3 is 19.2 Å². The molecule has 3 saturated heterocycles. The number of nitrogens with two attached hydrogens (primary N) is 1. The van der Waals surface area contributed by atoms with Gasteiger partial charge in [0.25, 0.3) is 16.7 Å². The van der Waals surface area contributed by atoms with Crippen molar-refractivity contribution in [2.45, 2.75) is 88.4 Å². The SMILES string of the molecule is Cc1cn([C@H]2C[C@@H](O)[C@@H](COP(=O)(O)O[C@@H]3C[C@H](n4cc(C)c(=O)[nH]c4=O)O[C@@H]3CO[PH](=S)O[C@@H]3C[C@H](n4cnc5c(=O)[nH]c(N)nc54)O[C@@H]3CO)O2)c(=O)[nH]c1=O. The topological polar surface area (TPSA) is 342 Å². The Morgan fingerprint density at radius 3 is 2.12 bits per heavy atom. The molecule has 28 heteroatoms. The minimum atomic E-state index is -4.98. The summed E-state index contributed by atoms with van der Waals surface area (Å²) in [6.45, 7) is 1.44. The fourth-order valence-corrected chi connectivity index (χ4v) is 9.16. The zero-order chi connectivity index (χ0) is 41.6. The number of aryl methyl sites for hydroxylation is 2. The number of hydrogen-bond donors (Lipinski definition) is 7. The molecule has 3 aliphatic rings. The number of aliphatic hydroxyl groups excluding tert-OH is 2. The van der Waals surface area contributed by atoms with Crippen LogP contribution in [-0.4, -0.2) is 110 Å². The molecular weight excluding hydrogens is 836 g/mol. The number of nitrogens with zero attached hydrogens (tertiary/aromatic N) is 5. The fourth-order valence-electron chi connectivity index (χ4n) is 6.76. The minimum Gasteiger partial charge on any atom is -0.394 e. The van der Waals surface area contributed by atoms with Crippen molar-refractivity contribution in [2.75, 3.05) is 25.6 Å². The number of aromatic nitrogens is 8. The zero-order valence-electron chi connectivity index (χ0n) is 30.5. The number of nitrogen functional groups attached to an aromatic ring is 1. The van der Waals surface area contributed by atoms with Crippen LogP contribution in [0.5, 0.6) is 0 Å². The molecule has 25 nitrogen and oxygen atoms in total. The third-order valence-corrected chi connectivity index (χ3v) is 12.3. The van der Waals surface area contributed by atoms with Gasteiger partial charge in [0.15, 0.2) is 18.3 Å². The number of imidazole rings is 1. The number of fused-ring (bicyclic) bond motifs is 1. The molecule has 7 heterocycles. The molecule has 0 bridgehead atoms. The Bertz CT molecular complexity index is 2560. The summed E-state index contributed by atoms with van der Waals surface area (Å²) in [6, 6.07) is 0. The molecule has 8 N–H and O–H groups in total. The largest absolute Gasteiger partial charge is 0.472 e. The van der Waals surface area contributed by atoms with Crippen LogP contribution in [0, 0.1) is 13.8 Å². The van der Waals surface area contributed by atoms with Crippen LogP contribution >= 0.6 is 15.0 Å². The highest BCUT2D eigenvalue weighted by Crippen LogP contribution is 2.49. The molecule has 0 aliphatic carbocycles. The summed E-state index contributed by atoms with van der Waals surface area (Å²) >= 11 is 5.49. The highest BCUT2D eigenvalue weighted by atomic mass is 32.4. The van der Waals surface area contributed by atoms with Crippen molar-refractivity contribution in [3.63, 3.8) is 0 Å². The molecule has 0 aromatic carbocycles. The monoisotopic (exact) mass is 875 g/mol. The van der Waals surface area contributed by atoms with Gasteiger partial charge in [-0.2, -0.15) is 4.98 Å². The first-order chi connectivity index (χ1) is 27.5. The average Bonchev–Trinajstić information content (AvgIpc) is 3.95. The lowest BCUT2D eigenvalue weighted by molar-refractivity contribution is -0.0565. The van der Waals surface area contributed by atoms with E-state index in [0.29, 0.717) is 0 Å². The minimum absolute atomic E-state index is 0.0247. The Hall–Kier alpha value is -4.01. The number of aliphatic hydroxyl groups is 2. The molecule has 3 fully saturated rings. The van der Waals surface area contributed by atoms with Crippen LogP contribution in [0.15, 0.2) is 42.7 Å². The van der Waals surface area contributed by atoms with Gasteiger partial charge in [0.2, 0.25) is 5.95 Å². The predicted octanol–water partition coefficient (Wildman–Crippen LogP) is -1.96. The van der Waals surface area contributed by atoms with Crippen LogP contribution in [-0.2, 0) is 48.7 Å². The predicted molar refractivity (Wildman–Crippen MR) is 201 cm³/mol. The quantitative estimate of drug-likeness (QED) is 0.0677. The molecule has 3 aliphatic heterocycles. The van der Waals surface area contributed by atoms with Crippen LogP contribution in [0.1, 0.15) is 49.1 Å². The summed E-state index contributed by atoms with van der Waals surface area (Å²) in [5.74, 6) is -0.135. The Morgan fingerprint density at radius 2 is 1.47 bits per heavy atom. The van der Waals surface area contributed by atoms with Gasteiger partial charge in [-0.05, 0) is 25.7 Å². The highest BCUT2D eigenvalue weighted by Gasteiger charge is 2.44. The van der Waals surface area contributed by atoms with E-state index in [1.165, 1.54) is 37.1 Å². The summed E-state index contributed by atoms with van der Waals surface area (Å²) in [6.07, 6.45) is -5.77. The van der Waals surface area contributed by atoms with E-state index in [0.717, 1.165) is 9.13 Å². The van der Waals surface area contributed by atoms with Crippen molar-refractivity contribution < 1.29 is 52.0 Å². The molecule has 0 spiro atoms. The second-order valence-corrected chi connectivity index (χ2v) is 17.1. The molecule has 11 atom stereocenters. The number of anilines is 1. The molecule has 58 heavy (non-hydrogen) atoms. The van der Waals surface area contributed by atoms with Crippen LogP contribution in [0.25, 0.3) is 11.2 Å². The molecule has 0 radical (unpaired) electrons. The van der Waals surface area contributed by atoms with E-state index >= 15 is 0 Å². The van der Waals surface area contributed by atoms with Crippen molar-refractivity contribution in [1.82, 2.24) is 38.6 Å². The van der Waals surface area contributed by atoms with Gasteiger partial charge < -0.3 is 44.1 Å². The third kappa shape index (κ3) is 8.94. The summed E-state index contributed by atoms with van der Waals surface area (Å²) in [4.78, 5) is 86.8. The van der Waals surface area contributed by atoms with Crippen molar-refractivity contribution >= 4 is 43.9 Å². The molecule has 316 valence electrons. The summed E-state index contributed by atoms with van der Waals surface area (Å²) in [5, 5.41) is 20.7. The van der Waals surface area contributed by atoms with Gasteiger partial charge in [-0.3, -0.25) is 52.1 Å². The standard InChI is InChI=1S/C30H39N9O16P2S/c1-12-6-37(29(45)35-25(12)42)20-3-14(41)18(52-20)10-50-57(47,48)55-16-5-21(38-7-13(2)26(43)36-30(38)46)53-19(16)9-49-56(58)54-15-4-22(51-17(15)8-40)39-11-32-23-24(39)33-28(31)34-27(23)44/h6-7,11,14-22,40-41,56H,3-5,8-10H2,1-2H3,(H,47,48)(H,35,42,45)(H,36,43,46)(H3,31,33,34,44)/t14-,15-,16-,17-,18-,19-,20-,21-,22-/m1/s1. The van der Waals surface area contributed by atoms with Gasteiger partial charge in [0, 0.05) is 42.8 Å². The van der Waals surface area contributed by atoms with E-state index in [2.05, 4.69) is 24.9 Å². The smallest absolute Gasteiger partial charge is 0.394 e. The Morgan fingerprint density at radius 1 is 0.879 bits per heavy atom. The molecular formula is C30H39N9O16P2S. The molecule has 4 aromatic rings. The zero-order valence-corrected chi connectivity index (χ0v) is 33.2. The van der Waals surface area contributed by atoms with Gasteiger partial charge in [-0.15, -0.1) is 0 Å². The fraction of sp³-hybridized carbons (Fsp3) is 0.567. The maximum absolute atomic E-state index is 13.3. The Balaban J connectivity index is 1.01.